The molecule has 0 saturated heterocycles. The maximum atomic E-state index is 13.1. The SMILES string of the molecule is Fc1ccc2[nH]c3c(Cl)nccc3c2c1. The molecule has 2 heterocycles. The van der Waals surface area contributed by atoms with E-state index >= 15 is 0 Å². The van der Waals surface area contributed by atoms with Gasteiger partial charge in [-0.05, 0) is 24.3 Å². The van der Waals surface area contributed by atoms with Gasteiger partial charge < -0.3 is 4.98 Å². The lowest BCUT2D eigenvalue weighted by atomic mass is 10.2. The summed E-state index contributed by atoms with van der Waals surface area (Å²) in [6, 6.07) is 6.42. The van der Waals surface area contributed by atoms with Crippen LogP contribution in [0.1, 0.15) is 0 Å². The third-order valence-corrected chi connectivity index (χ3v) is 2.72. The molecule has 2 nitrogen and oxygen atoms in total. The topological polar surface area (TPSA) is 28.7 Å². The van der Waals surface area contributed by atoms with Gasteiger partial charge in [0.15, 0.2) is 5.15 Å². The lowest BCUT2D eigenvalue weighted by molar-refractivity contribution is 0.630. The van der Waals surface area contributed by atoms with Crippen molar-refractivity contribution in [3.05, 3.63) is 41.4 Å². The molecule has 15 heavy (non-hydrogen) atoms. The lowest BCUT2D eigenvalue weighted by Gasteiger charge is -1.91. The van der Waals surface area contributed by atoms with Crippen molar-refractivity contribution in [2.24, 2.45) is 0 Å². The first-order chi connectivity index (χ1) is 7.25. The molecule has 0 aliphatic rings. The van der Waals surface area contributed by atoms with E-state index in [0.717, 1.165) is 21.8 Å². The van der Waals surface area contributed by atoms with Crippen LogP contribution >= 0.6 is 11.6 Å². The Morgan fingerprint density at radius 3 is 2.93 bits per heavy atom. The minimum absolute atomic E-state index is 0.253. The number of nitrogens with one attached hydrogen (secondary N) is 1. The molecule has 3 aromatic rings. The molecule has 0 bridgehead atoms. The molecule has 3 rings (SSSR count). The van der Waals surface area contributed by atoms with E-state index in [1.807, 2.05) is 6.07 Å². The van der Waals surface area contributed by atoms with Crippen molar-refractivity contribution in [1.29, 1.82) is 0 Å². The fraction of sp³-hybridized carbons (Fsp3) is 0. The second-order valence-electron chi connectivity index (χ2n) is 3.34. The van der Waals surface area contributed by atoms with Crippen molar-refractivity contribution < 1.29 is 4.39 Å². The average molecular weight is 221 g/mol. The minimum Gasteiger partial charge on any atom is -0.352 e. The summed E-state index contributed by atoms with van der Waals surface area (Å²) >= 11 is 5.93. The fourth-order valence-corrected chi connectivity index (χ4v) is 1.97. The Kier molecular flexibility index (Phi) is 1.70. The highest BCUT2D eigenvalue weighted by atomic mass is 35.5. The van der Waals surface area contributed by atoms with Gasteiger partial charge in [-0.1, -0.05) is 11.6 Å². The highest BCUT2D eigenvalue weighted by Gasteiger charge is 2.07. The van der Waals surface area contributed by atoms with E-state index in [4.69, 9.17) is 11.6 Å². The number of benzene rings is 1. The first-order valence-corrected chi connectivity index (χ1v) is 4.85. The molecule has 0 fully saturated rings. The summed E-state index contributed by atoms with van der Waals surface area (Å²) in [5.74, 6) is -0.253. The molecule has 74 valence electrons. The van der Waals surface area contributed by atoms with E-state index in [2.05, 4.69) is 9.97 Å². The van der Waals surface area contributed by atoms with Gasteiger partial charge in [0.25, 0.3) is 0 Å². The van der Waals surface area contributed by atoms with Crippen molar-refractivity contribution >= 4 is 33.4 Å². The Bertz CT molecular complexity index is 660. The van der Waals surface area contributed by atoms with Crippen LogP contribution in [-0.4, -0.2) is 9.97 Å². The summed E-state index contributed by atoms with van der Waals surface area (Å²) in [5.41, 5.74) is 1.61. The molecule has 0 unspecified atom stereocenters. The van der Waals surface area contributed by atoms with Crippen LogP contribution in [0.15, 0.2) is 30.5 Å². The van der Waals surface area contributed by atoms with Gasteiger partial charge in [-0.2, -0.15) is 0 Å². The molecule has 0 radical (unpaired) electrons. The number of halogens is 2. The van der Waals surface area contributed by atoms with Gasteiger partial charge >= 0.3 is 0 Å². The van der Waals surface area contributed by atoms with Gasteiger partial charge in [-0.3, -0.25) is 0 Å². The van der Waals surface area contributed by atoms with Crippen molar-refractivity contribution in [3.63, 3.8) is 0 Å². The zero-order chi connectivity index (χ0) is 10.4. The number of fused-ring (bicyclic) bond motifs is 3. The van der Waals surface area contributed by atoms with Gasteiger partial charge in [0.1, 0.15) is 5.82 Å². The van der Waals surface area contributed by atoms with Crippen LogP contribution in [0.5, 0.6) is 0 Å². The molecule has 0 spiro atoms. The quantitative estimate of drug-likeness (QED) is 0.577. The van der Waals surface area contributed by atoms with E-state index in [0.29, 0.717) is 5.15 Å². The number of aromatic nitrogens is 2. The van der Waals surface area contributed by atoms with Crippen LogP contribution in [0.2, 0.25) is 5.15 Å². The van der Waals surface area contributed by atoms with Crippen LogP contribution < -0.4 is 0 Å². The Labute approximate surface area is 89.7 Å². The van der Waals surface area contributed by atoms with E-state index in [-0.39, 0.29) is 5.82 Å². The number of rotatable bonds is 0. The predicted octanol–water partition coefficient (Wildman–Crippen LogP) is 3.51. The Morgan fingerprint density at radius 1 is 1.20 bits per heavy atom. The normalized spacial score (nSPS) is 11.3. The van der Waals surface area contributed by atoms with Gasteiger partial charge in [0.05, 0.1) is 5.52 Å². The standard InChI is InChI=1S/C11H6ClFN2/c12-11-10-7(3-4-14-11)8-5-6(13)1-2-9(8)15-10/h1-5,15H. The molecular weight excluding hydrogens is 215 g/mol. The summed E-state index contributed by atoms with van der Waals surface area (Å²) in [7, 11) is 0. The van der Waals surface area contributed by atoms with E-state index in [9.17, 15) is 4.39 Å². The number of nitrogens with zero attached hydrogens (tertiary/aromatic N) is 1. The van der Waals surface area contributed by atoms with Crippen LogP contribution in [0, 0.1) is 5.82 Å². The third kappa shape index (κ3) is 1.20. The first kappa shape index (κ1) is 8.68. The molecular formula is C11H6ClFN2. The molecule has 0 atom stereocenters. The summed E-state index contributed by atoms with van der Waals surface area (Å²) in [5, 5.41) is 2.13. The van der Waals surface area contributed by atoms with Crippen molar-refractivity contribution in [3.8, 4) is 0 Å². The first-order valence-electron chi connectivity index (χ1n) is 4.47. The molecule has 1 aromatic carbocycles. The third-order valence-electron chi connectivity index (χ3n) is 2.44. The summed E-state index contributed by atoms with van der Waals surface area (Å²) < 4.78 is 13.1. The molecule has 0 aliphatic heterocycles. The van der Waals surface area contributed by atoms with Crippen LogP contribution in [-0.2, 0) is 0 Å². The zero-order valence-electron chi connectivity index (χ0n) is 7.59. The van der Waals surface area contributed by atoms with Crippen molar-refractivity contribution in [2.45, 2.75) is 0 Å². The Morgan fingerprint density at radius 2 is 2.07 bits per heavy atom. The molecule has 2 aromatic heterocycles. The summed E-state index contributed by atoms with van der Waals surface area (Å²) in [6.45, 7) is 0. The molecule has 0 saturated carbocycles. The molecule has 0 amide bonds. The molecule has 4 heteroatoms. The smallest absolute Gasteiger partial charge is 0.153 e. The number of H-pyrrole nitrogens is 1. The highest BCUT2D eigenvalue weighted by Crippen LogP contribution is 2.28. The number of hydrogen-bond acceptors (Lipinski definition) is 1. The zero-order valence-corrected chi connectivity index (χ0v) is 8.35. The molecule has 1 N–H and O–H groups in total. The lowest BCUT2D eigenvalue weighted by Crippen LogP contribution is -1.74. The Hall–Kier alpha value is -1.61. The summed E-state index contributed by atoms with van der Waals surface area (Å²) in [6.07, 6.45) is 1.61. The fourth-order valence-electron chi connectivity index (χ4n) is 1.76. The second kappa shape index (κ2) is 2.94. The van der Waals surface area contributed by atoms with Gasteiger partial charge in [-0.15, -0.1) is 0 Å². The van der Waals surface area contributed by atoms with Gasteiger partial charge in [-0.25, -0.2) is 9.37 Å². The second-order valence-corrected chi connectivity index (χ2v) is 3.70. The maximum Gasteiger partial charge on any atom is 0.153 e. The minimum atomic E-state index is -0.253. The monoisotopic (exact) mass is 220 g/mol. The van der Waals surface area contributed by atoms with Crippen molar-refractivity contribution in [1.82, 2.24) is 9.97 Å². The van der Waals surface area contributed by atoms with Crippen molar-refractivity contribution in [2.75, 3.05) is 0 Å². The number of pyridine rings is 1. The highest BCUT2D eigenvalue weighted by molar-refractivity contribution is 6.35. The van der Waals surface area contributed by atoms with E-state index < -0.39 is 0 Å². The van der Waals surface area contributed by atoms with Crippen LogP contribution in [0.25, 0.3) is 21.8 Å². The van der Waals surface area contributed by atoms with Gasteiger partial charge in [0, 0.05) is 22.5 Å². The van der Waals surface area contributed by atoms with Crippen LogP contribution in [0.3, 0.4) is 0 Å². The number of aromatic amines is 1. The van der Waals surface area contributed by atoms with E-state index in [1.165, 1.54) is 12.1 Å². The largest absolute Gasteiger partial charge is 0.352 e. The average Bonchev–Trinajstić information content (AvgIpc) is 2.58. The van der Waals surface area contributed by atoms with Crippen LogP contribution in [0.4, 0.5) is 4.39 Å². The van der Waals surface area contributed by atoms with E-state index in [1.54, 1.807) is 12.3 Å². The number of hydrogen-bond donors (Lipinski definition) is 1. The Balaban J connectivity index is 2.58. The predicted molar refractivity (Wildman–Crippen MR) is 58.6 cm³/mol. The molecule has 0 aliphatic carbocycles. The van der Waals surface area contributed by atoms with Gasteiger partial charge in [0.2, 0.25) is 0 Å². The maximum absolute atomic E-state index is 13.1. The summed E-state index contributed by atoms with van der Waals surface area (Å²) in [4.78, 5) is 7.08.